The van der Waals surface area contributed by atoms with E-state index in [1.807, 2.05) is 45.3 Å². The van der Waals surface area contributed by atoms with E-state index in [1.54, 1.807) is 25.3 Å². The Balaban J connectivity index is 0.000000695. The lowest BCUT2D eigenvalue weighted by atomic mass is 9.97. The number of benzene rings is 1. The summed E-state index contributed by atoms with van der Waals surface area (Å²) in [6, 6.07) is 11.5. The molecule has 4 fully saturated rings. The number of aromatic nitrogens is 3. The fourth-order valence-electron chi connectivity index (χ4n) is 6.87. The van der Waals surface area contributed by atoms with Gasteiger partial charge in [0.25, 0.3) is 17.7 Å². The van der Waals surface area contributed by atoms with Gasteiger partial charge >= 0.3 is 0 Å². The first-order valence-corrected chi connectivity index (χ1v) is 19.4. The lowest BCUT2D eigenvalue weighted by Gasteiger charge is -2.40. The first-order chi connectivity index (χ1) is 26.9. The Morgan fingerprint density at radius 2 is 1.77 bits per heavy atom. The molecule has 2 amide bonds. The first kappa shape index (κ1) is 40.2. The normalized spacial score (nSPS) is 19.1. The van der Waals surface area contributed by atoms with Gasteiger partial charge in [0.2, 0.25) is 0 Å². The fraction of sp³-hybridized carbons (Fsp3) is 0.475. The number of nitrogens with zero attached hydrogens (tertiary/aromatic N) is 6. The molecule has 1 aromatic carbocycles. The summed E-state index contributed by atoms with van der Waals surface area (Å²) in [7, 11) is 3.72. The smallest absolute Gasteiger partial charge is 0.272 e. The number of rotatable bonds is 11. The van der Waals surface area contributed by atoms with E-state index in [0.29, 0.717) is 30.5 Å². The Morgan fingerprint density at radius 1 is 1.04 bits per heavy atom. The number of amides is 2. The van der Waals surface area contributed by atoms with Gasteiger partial charge in [0.1, 0.15) is 17.7 Å². The van der Waals surface area contributed by atoms with Crippen LogP contribution in [0.15, 0.2) is 65.9 Å². The zero-order valence-corrected chi connectivity index (χ0v) is 32.5. The third-order valence-electron chi connectivity index (χ3n) is 10.3. The number of carbonyl (C=O) groups is 3. The molecule has 16 heteroatoms. The van der Waals surface area contributed by atoms with Crippen LogP contribution in [0.2, 0.25) is 0 Å². The molecule has 3 aliphatic heterocycles. The van der Waals surface area contributed by atoms with Crippen molar-refractivity contribution in [3.63, 3.8) is 0 Å². The standard InChI is InChI=1S/C34H41F2N11O2.C4H6O.C2H6/c1-39-29(37)13-27(30(38)32(48)42-20-9-10-20)43-25-7-4-6-23-24-14-40-47(28(24)18-44(2)31(23)25)22-16-45(17-22)15-21-5-3-8-26(41-21)33(49)46-12-11-34(35,36)19-46;5-3-4-1-2-4;1-2/h3-8,13-14,20,22,39,43H,9-12,15-19,37-38H2,1-2H3,(H,42,48);3-4H,1-2H2;1-2H3/b29-13+,30-27+;;. The molecular formula is C40H53F2N11O3. The van der Waals surface area contributed by atoms with Gasteiger partial charge in [0.15, 0.2) is 0 Å². The molecule has 56 heavy (non-hydrogen) atoms. The maximum absolute atomic E-state index is 13.7. The van der Waals surface area contributed by atoms with Crippen LogP contribution < -0.4 is 32.3 Å². The minimum atomic E-state index is -2.84. The van der Waals surface area contributed by atoms with Gasteiger partial charge < -0.3 is 42.0 Å². The number of hydrogen-bond donors (Lipinski definition) is 5. The van der Waals surface area contributed by atoms with E-state index in [1.165, 1.54) is 4.90 Å². The van der Waals surface area contributed by atoms with Crippen LogP contribution in [0.1, 0.15) is 73.9 Å². The molecule has 7 N–H and O–H groups in total. The number of pyridine rings is 1. The van der Waals surface area contributed by atoms with E-state index in [2.05, 4.69) is 41.5 Å². The van der Waals surface area contributed by atoms with E-state index >= 15 is 0 Å². The van der Waals surface area contributed by atoms with Crippen LogP contribution in [0.5, 0.6) is 0 Å². The number of aldehydes is 1. The van der Waals surface area contributed by atoms with Crippen molar-refractivity contribution in [2.45, 2.75) is 77.0 Å². The fourth-order valence-corrected chi connectivity index (χ4v) is 6.87. The van der Waals surface area contributed by atoms with Gasteiger partial charge in [0.05, 0.1) is 59.6 Å². The Hall–Kier alpha value is -5.51. The quantitative estimate of drug-likeness (QED) is 0.108. The van der Waals surface area contributed by atoms with Gasteiger partial charge in [0, 0.05) is 75.9 Å². The minimum Gasteiger partial charge on any atom is -0.393 e. The van der Waals surface area contributed by atoms with Gasteiger partial charge in [-0.25, -0.2) is 13.8 Å². The molecule has 0 spiro atoms. The number of likely N-dealkylation sites (tertiary alicyclic amines) is 2. The first-order valence-electron chi connectivity index (χ1n) is 19.4. The minimum absolute atomic E-state index is 0.0339. The molecule has 5 heterocycles. The molecule has 2 saturated heterocycles. The number of hydrogen-bond acceptors (Lipinski definition) is 11. The zero-order chi connectivity index (χ0) is 40.1. The maximum Gasteiger partial charge on any atom is 0.272 e. The molecule has 2 aliphatic carbocycles. The summed E-state index contributed by atoms with van der Waals surface area (Å²) >= 11 is 0. The van der Waals surface area contributed by atoms with Crippen molar-refractivity contribution in [3.8, 4) is 11.1 Å². The number of nitrogens with two attached hydrogens (primary N) is 2. The molecule has 0 radical (unpaired) electrons. The molecule has 2 aromatic heterocycles. The molecule has 0 unspecified atom stereocenters. The van der Waals surface area contributed by atoms with Crippen LogP contribution in [-0.2, 0) is 22.7 Å². The highest BCUT2D eigenvalue weighted by Crippen LogP contribution is 2.44. The number of nitrogens with one attached hydrogen (secondary N) is 3. The zero-order valence-electron chi connectivity index (χ0n) is 32.5. The summed E-state index contributed by atoms with van der Waals surface area (Å²) < 4.78 is 29.4. The number of fused-ring (bicyclic) bond motifs is 3. The van der Waals surface area contributed by atoms with E-state index in [-0.39, 0.29) is 42.3 Å². The summed E-state index contributed by atoms with van der Waals surface area (Å²) in [5.74, 6) is -2.83. The van der Waals surface area contributed by atoms with Crippen LogP contribution in [0.4, 0.5) is 20.2 Å². The molecule has 0 atom stereocenters. The number of halogens is 2. The van der Waals surface area contributed by atoms with Crippen LogP contribution in [-0.4, -0.2) is 94.9 Å². The monoisotopic (exact) mass is 773 g/mol. The van der Waals surface area contributed by atoms with Crippen molar-refractivity contribution in [2.75, 3.05) is 50.5 Å². The van der Waals surface area contributed by atoms with Crippen LogP contribution in [0, 0.1) is 5.92 Å². The largest absolute Gasteiger partial charge is 0.393 e. The Morgan fingerprint density at radius 3 is 2.39 bits per heavy atom. The van der Waals surface area contributed by atoms with Crippen molar-refractivity contribution in [1.82, 2.24) is 35.2 Å². The van der Waals surface area contributed by atoms with Crippen molar-refractivity contribution in [2.24, 2.45) is 17.4 Å². The van der Waals surface area contributed by atoms with E-state index in [9.17, 15) is 23.2 Å². The number of alkyl halides is 2. The van der Waals surface area contributed by atoms with Crippen LogP contribution in [0.3, 0.4) is 0 Å². The summed E-state index contributed by atoms with van der Waals surface area (Å²) in [6.45, 7) is 6.13. The van der Waals surface area contributed by atoms with Crippen molar-refractivity contribution in [1.29, 1.82) is 0 Å². The number of carbonyl (C=O) groups excluding carboxylic acids is 3. The number of allylic oxidation sites excluding steroid dienone is 1. The predicted molar refractivity (Wildman–Crippen MR) is 211 cm³/mol. The summed E-state index contributed by atoms with van der Waals surface area (Å²) in [4.78, 5) is 45.3. The van der Waals surface area contributed by atoms with Crippen molar-refractivity contribution >= 4 is 29.5 Å². The average molecular weight is 774 g/mol. The highest BCUT2D eigenvalue weighted by Gasteiger charge is 2.41. The lowest BCUT2D eigenvalue weighted by molar-refractivity contribution is -0.117. The van der Waals surface area contributed by atoms with Crippen LogP contribution in [0.25, 0.3) is 11.1 Å². The summed E-state index contributed by atoms with van der Waals surface area (Å²) in [5, 5.41) is 14.0. The number of anilines is 2. The summed E-state index contributed by atoms with van der Waals surface area (Å²) in [5.41, 5.74) is 18.6. The highest BCUT2D eigenvalue weighted by molar-refractivity contribution is 5.96. The van der Waals surface area contributed by atoms with E-state index < -0.39 is 18.4 Å². The molecule has 8 rings (SSSR count). The third kappa shape index (κ3) is 9.29. The van der Waals surface area contributed by atoms with Gasteiger partial charge in [-0.1, -0.05) is 32.0 Å². The predicted octanol–water partition coefficient (Wildman–Crippen LogP) is 3.93. The van der Waals surface area contributed by atoms with E-state index in [4.69, 9.17) is 16.6 Å². The second kappa shape index (κ2) is 17.1. The molecule has 14 nitrogen and oxygen atoms in total. The van der Waals surface area contributed by atoms with Crippen molar-refractivity contribution < 1.29 is 23.2 Å². The van der Waals surface area contributed by atoms with Gasteiger partial charge in [-0.2, -0.15) is 5.10 Å². The highest BCUT2D eigenvalue weighted by atomic mass is 19.3. The Labute approximate surface area is 326 Å². The van der Waals surface area contributed by atoms with Gasteiger partial charge in [-0.15, -0.1) is 0 Å². The second-order valence-corrected chi connectivity index (χ2v) is 14.7. The van der Waals surface area contributed by atoms with E-state index in [0.717, 1.165) is 78.9 Å². The Kier molecular flexibility index (Phi) is 12.3. The second-order valence-electron chi connectivity index (χ2n) is 14.7. The molecule has 3 aromatic rings. The summed E-state index contributed by atoms with van der Waals surface area (Å²) in [6.07, 6.45) is 8.41. The number of para-hydroxylation sites is 1. The molecule has 300 valence electrons. The molecule has 0 bridgehead atoms. The molecular weight excluding hydrogens is 721 g/mol. The van der Waals surface area contributed by atoms with Gasteiger partial charge in [-0.3, -0.25) is 19.2 Å². The molecule has 5 aliphatic rings. The SMILES string of the molecule is CC.CN/C(N)=C/C(Nc1cccc2c1N(C)Cc1c-2cnn1C1CN(Cc2cccc(C(=O)N3CCC(F)(F)C3)n2)C1)=C(\N)C(=O)NC1CC1.O=CC1CC1. The molecule has 2 saturated carbocycles. The topological polar surface area (TPSA) is 180 Å². The third-order valence-corrected chi connectivity index (χ3v) is 10.3. The van der Waals surface area contributed by atoms with Crippen LogP contribution >= 0.6 is 0 Å². The maximum atomic E-state index is 13.7. The van der Waals surface area contributed by atoms with Gasteiger partial charge in [-0.05, 0) is 43.9 Å². The lowest BCUT2D eigenvalue weighted by Crippen LogP contribution is -2.48. The Bertz CT molecular complexity index is 1980. The van der Waals surface area contributed by atoms with Crippen molar-refractivity contribution in [3.05, 3.63) is 83.0 Å². The average Bonchev–Trinajstić information content (AvgIpc) is 4.12.